The molecule has 0 amide bonds. The summed E-state index contributed by atoms with van der Waals surface area (Å²) in [4.78, 5) is 0. The van der Waals surface area contributed by atoms with E-state index in [0.717, 1.165) is 0 Å². The first-order valence-corrected chi connectivity index (χ1v) is 15.2. The molecule has 0 aromatic carbocycles. The Bertz CT molecular complexity index is 1010. The standard InChI is InChI=1S/C6H6F12N2O8S4Si/c1-33(2,19(29(21,22)3(7,8)9)30(23,24)4(10,11)12)20(31(25,26)5(13,14)15)32(27,28)6(16,17)18/h1-2H3. The molecule has 0 unspecified atom stereocenters. The number of hydrogen-bond acceptors (Lipinski definition) is 8. The first kappa shape index (κ1) is 32.1. The van der Waals surface area contributed by atoms with Gasteiger partial charge >= 0.3 is 62.1 Å². The summed E-state index contributed by atoms with van der Waals surface area (Å²) in [7, 11) is -40.4. The molecule has 0 aliphatic heterocycles. The SMILES string of the molecule is C[Si](C)(N(S(=O)(=O)C(F)(F)F)S(=O)(=O)C(F)(F)F)N(S(=O)(=O)C(F)(F)F)S(=O)(=O)C(F)(F)F. The van der Waals surface area contributed by atoms with Gasteiger partial charge in [0, 0.05) is 0 Å². The molecule has 0 bridgehead atoms. The summed E-state index contributed by atoms with van der Waals surface area (Å²) in [5.41, 5.74) is -28.9. The van der Waals surface area contributed by atoms with E-state index >= 15 is 0 Å². The van der Waals surface area contributed by atoms with Crippen LogP contribution in [0.5, 0.6) is 0 Å². The molecule has 0 spiro atoms. The van der Waals surface area contributed by atoms with Gasteiger partial charge in [-0.15, -0.1) is 0 Å². The molecule has 0 N–H and O–H groups in total. The average Bonchev–Trinajstić information content (AvgIpc) is 2.39. The number of hydrogen-bond donors (Lipinski definition) is 0. The first-order chi connectivity index (χ1) is 13.7. The van der Waals surface area contributed by atoms with Crippen molar-refractivity contribution in [3.8, 4) is 0 Å². The molecule has 0 radical (unpaired) electrons. The van der Waals surface area contributed by atoms with Gasteiger partial charge in [0.05, 0.1) is 0 Å². The van der Waals surface area contributed by atoms with Crippen LogP contribution in [0.4, 0.5) is 52.7 Å². The minimum atomic E-state index is -8.21. The van der Waals surface area contributed by atoms with Crippen molar-refractivity contribution >= 4 is 48.5 Å². The molecular formula is C6H6F12N2O8S4Si. The van der Waals surface area contributed by atoms with Crippen LogP contribution in [0.1, 0.15) is 0 Å². The van der Waals surface area contributed by atoms with Crippen molar-refractivity contribution in [1.82, 2.24) is 6.75 Å². The van der Waals surface area contributed by atoms with Crippen molar-refractivity contribution < 1.29 is 86.4 Å². The van der Waals surface area contributed by atoms with Crippen molar-refractivity contribution in [3.05, 3.63) is 0 Å². The molecule has 200 valence electrons. The van der Waals surface area contributed by atoms with Gasteiger partial charge in [-0.3, -0.25) is 0 Å². The van der Waals surface area contributed by atoms with E-state index in [-0.39, 0.29) is 0 Å². The highest BCUT2D eigenvalue weighted by Gasteiger charge is 2.74. The zero-order chi connectivity index (χ0) is 27.7. The number of halogens is 12. The minimum absolute atomic E-state index is 0.883. The third-order valence-corrected chi connectivity index (χ3v) is 19.4. The Morgan fingerprint density at radius 2 is 0.545 bits per heavy atom. The molecule has 0 atom stereocenters. The zero-order valence-corrected chi connectivity index (χ0v) is 19.1. The summed E-state index contributed by atoms with van der Waals surface area (Å²) in [6, 6.07) is 0. The Balaban J connectivity index is 8.14. The second-order valence-electron chi connectivity index (χ2n) is 5.69. The van der Waals surface area contributed by atoms with Gasteiger partial charge in [0.2, 0.25) is 0 Å². The number of nitrogens with zero attached hydrogens (tertiary/aromatic N) is 2. The van der Waals surface area contributed by atoms with Gasteiger partial charge in [0.15, 0.2) is 0 Å². The van der Waals surface area contributed by atoms with E-state index in [0.29, 0.717) is 0 Å². The third kappa shape index (κ3) is 5.21. The van der Waals surface area contributed by atoms with Crippen LogP contribution in [0.2, 0.25) is 13.1 Å². The van der Waals surface area contributed by atoms with E-state index in [1.807, 2.05) is 0 Å². The fourth-order valence-electron chi connectivity index (χ4n) is 1.88. The third-order valence-electron chi connectivity index (χ3n) is 2.94. The van der Waals surface area contributed by atoms with Gasteiger partial charge in [-0.1, -0.05) is 6.75 Å². The van der Waals surface area contributed by atoms with E-state index in [4.69, 9.17) is 0 Å². The first-order valence-electron chi connectivity index (χ1n) is 6.60. The molecule has 0 fully saturated rings. The lowest BCUT2D eigenvalue weighted by Crippen LogP contribution is -2.72. The van der Waals surface area contributed by atoms with Crippen LogP contribution in [0.25, 0.3) is 0 Å². The summed E-state index contributed by atoms with van der Waals surface area (Å²) in [6.45, 7) is -1.77. The Kier molecular flexibility index (Phi) is 7.84. The summed E-state index contributed by atoms with van der Waals surface area (Å²) in [5.74, 6) is 0. The second-order valence-corrected chi connectivity index (χ2v) is 18.4. The molecule has 0 aromatic rings. The van der Waals surface area contributed by atoms with Crippen LogP contribution in [-0.2, 0) is 40.1 Å². The van der Waals surface area contributed by atoms with Gasteiger partial charge in [-0.05, 0) is 13.1 Å². The largest absolute Gasteiger partial charge is 0.512 e. The summed E-state index contributed by atoms with van der Waals surface area (Å²) < 4.78 is 240. The summed E-state index contributed by atoms with van der Waals surface area (Å²) in [5, 5.41) is 0. The summed E-state index contributed by atoms with van der Waals surface area (Å²) in [6.07, 6.45) is 0. The van der Waals surface area contributed by atoms with Gasteiger partial charge < -0.3 is 0 Å². The van der Waals surface area contributed by atoms with Gasteiger partial charge in [-0.2, -0.15) is 52.7 Å². The lowest BCUT2D eigenvalue weighted by molar-refractivity contribution is -0.0517. The number of alkyl halides is 12. The molecule has 0 heterocycles. The summed E-state index contributed by atoms with van der Waals surface area (Å²) >= 11 is 0. The maximum atomic E-state index is 12.9. The molecule has 0 saturated carbocycles. The topological polar surface area (TPSA) is 143 Å². The monoisotopic (exact) mass is 618 g/mol. The van der Waals surface area contributed by atoms with Gasteiger partial charge in [-0.25, -0.2) is 33.7 Å². The lowest BCUT2D eigenvalue weighted by atomic mass is 11.6. The molecular weight excluding hydrogens is 612 g/mol. The van der Waals surface area contributed by atoms with Crippen molar-refractivity contribution in [2.75, 3.05) is 0 Å². The Labute approximate surface area is 177 Å². The Morgan fingerprint density at radius 3 is 0.636 bits per heavy atom. The molecule has 0 rings (SSSR count). The highest BCUT2D eigenvalue weighted by atomic mass is 32.3. The van der Waals surface area contributed by atoms with Crippen LogP contribution < -0.4 is 0 Å². The van der Waals surface area contributed by atoms with Crippen LogP contribution in [0.15, 0.2) is 0 Å². The normalized spacial score (nSPS) is 16.5. The lowest BCUT2D eigenvalue weighted by Gasteiger charge is -2.40. The van der Waals surface area contributed by atoms with Gasteiger partial charge in [0.25, 0.3) is 8.40 Å². The second kappa shape index (κ2) is 8.07. The van der Waals surface area contributed by atoms with Crippen molar-refractivity contribution in [1.29, 1.82) is 0 Å². The fourth-order valence-corrected chi connectivity index (χ4v) is 18.1. The fraction of sp³-hybridized carbons (Fsp3) is 1.00. The molecule has 33 heavy (non-hydrogen) atoms. The average molecular weight is 618 g/mol. The highest BCUT2D eigenvalue weighted by molar-refractivity contribution is 8.10. The maximum Gasteiger partial charge on any atom is 0.512 e. The molecule has 0 aliphatic carbocycles. The van der Waals surface area contributed by atoms with Crippen molar-refractivity contribution in [2.45, 2.75) is 35.1 Å². The van der Waals surface area contributed by atoms with Crippen LogP contribution >= 0.6 is 0 Å². The maximum absolute atomic E-state index is 12.9. The van der Waals surface area contributed by atoms with Crippen molar-refractivity contribution in [3.63, 3.8) is 0 Å². The van der Waals surface area contributed by atoms with E-state index in [9.17, 15) is 86.4 Å². The predicted molar refractivity (Wildman–Crippen MR) is 81.1 cm³/mol. The quantitative estimate of drug-likeness (QED) is 0.324. The van der Waals surface area contributed by atoms with E-state index in [1.54, 1.807) is 0 Å². The number of rotatable bonds is 6. The molecule has 27 heteroatoms. The Morgan fingerprint density at radius 1 is 0.424 bits per heavy atom. The van der Waals surface area contributed by atoms with Crippen LogP contribution in [0.3, 0.4) is 0 Å². The van der Waals surface area contributed by atoms with E-state index in [2.05, 4.69) is 0 Å². The minimum Gasteiger partial charge on any atom is -0.202 e. The van der Waals surface area contributed by atoms with Crippen LogP contribution in [0, 0.1) is 0 Å². The Hall–Kier alpha value is -0.903. The zero-order valence-electron chi connectivity index (χ0n) is 14.8. The predicted octanol–water partition coefficient (Wildman–Crippen LogP) is 1.69. The van der Waals surface area contributed by atoms with Crippen LogP contribution in [-0.4, -0.2) is 70.9 Å². The number of sulfonamides is 4. The molecule has 0 aromatic heterocycles. The molecule has 0 aliphatic rings. The smallest absolute Gasteiger partial charge is 0.202 e. The molecule has 10 nitrogen and oxygen atoms in total. The van der Waals surface area contributed by atoms with E-state index in [1.165, 1.54) is 0 Å². The van der Waals surface area contributed by atoms with Gasteiger partial charge in [0.1, 0.15) is 0 Å². The molecule has 0 saturated heterocycles. The highest BCUT2D eigenvalue weighted by Crippen LogP contribution is 2.45. The van der Waals surface area contributed by atoms with E-state index < -0.39 is 90.4 Å². The van der Waals surface area contributed by atoms with Crippen molar-refractivity contribution in [2.24, 2.45) is 0 Å².